The Kier molecular flexibility index (Phi) is 3.89. The van der Waals surface area contributed by atoms with Crippen molar-refractivity contribution < 1.29 is 13.5 Å². The molecule has 0 aliphatic carbocycles. The molecule has 0 atom stereocenters. The smallest absolute Gasteiger partial charge is 0.138 e. The van der Waals surface area contributed by atoms with Crippen molar-refractivity contribution in [2.75, 3.05) is 0 Å². The van der Waals surface area contributed by atoms with Crippen LogP contribution in [0, 0.1) is 12.7 Å². The Bertz CT molecular complexity index is 554. The molecule has 18 heavy (non-hydrogen) atoms. The molecule has 5 heteroatoms. The molecule has 2 N–H and O–H groups in total. The van der Waals surface area contributed by atoms with Crippen molar-refractivity contribution in [2.45, 2.75) is 20.1 Å². The van der Waals surface area contributed by atoms with Gasteiger partial charge in [0.15, 0.2) is 0 Å². The molecule has 2 rings (SSSR count). The summed E-state index contributed by atoms with van der Waals surface area (Å²) in [5.41, 5.74) is 6.38. The number of ether oxygens (including phenoxy) is 1. The van der Waals surface area contributed by atoms with Crippen molar-refractivity contribution in [3.8, 4) is 5.75 Å². The van der Waals surface area contributed by atoms with Crippen molar-refractivity contribution in [1.82, 2.24) is 0 Å². The number of halogens is 2. The molecule has 0 aliphatic heterocycles. The summed E-state index contributed by atoms with van der Waals surface area (Å²) in [6.07, 6.45) is 0. The maximum Gasteiger partial charge on any atom is 0.138 e. The van der Waals surface area contributed by atoms with Gasteiger partial charge in [0.2, 0.25) is 0 Å². The third-order valence-electron chi connectivity index (χ3n) is 2.55. The molecule has 96 valence electrons. The second-order valence-corrected chi connectivity index (χ2v) is 4.27. The predicted octanol–water partition coefficient (Wildman–Crippen LogP) is 3.42. The van der Waals surface area contributed by atoms with Gasteiger partial charge in [-0.15, -0.1) is 0 Å². The van der Waals surface area contributed by atoms with E-state index in [2.05, 4.69) is 0 Å². The van der Waals surface area contributed by atoms with Crippen molar-refractivity contribution >= 4 is 11.6 Å². The first-order chi connectivity index (χ1) is 8.60. The SMILES string of the molecule is Cc1oc(CN)cc1COc1ccc(F)cc1Cl. The zero-order valence-corrected chi connectivity index (χ0v) is 10.6. The van der Waals surface area contributed by atoms with Gasteiger partial charge in [-0.1, -0.05) is 11.6 Å². The molecule has 0 saturated heterocycles. The van der Waals surface area contributed by atoms with Crippen LogP contribution in [0.15, 0.2) is 28.7 Å². The Morgan fingerprint density at radius 3 is 2.78 bits per heavy atom. The third kappa shape index (κ3) is 2.83. The van der Waals surface area contributed by atoms with Gasteiger partial charge in [0.1, 0.15) is 29.7 Å². The second kappa shape index (κ2) is 5.42. The van der Waals surface area contributed by atoms with Crippen LogP contribution in [0.4, 0.5) is 4.39 Å². The zero-order valence-electron chi connectivity index (χ0n) is 9.87. The summed E-state index contributed by atoms with van der Waals surface area (Å²) in [6.45, 7) is 2.49. The first kappa shape index (κ1) is 12.9. The van der Waals surface area contributed by atoms with Crippen LogP contribution in [0.3, 0.4) is 0 Å². The lowest BCUT2D eigenvalue weighted by Crippen LogP contribution is -1.97. The lowest BCUT2D eigenvalue weighted by molar-refractivity contribution is 0.302. The number of aryl methyl sites for hydroxylation is 1. The highest BCUT2D eigenvalue weighted by Crippen LogP contribution is 2.26. The van der Waals surface area contributed by atoms with E-state index in [9.17, 15) is 4.39 Å². The summed E-state index contributed by atoms with van der Waals surface area (Å²) in [4.78, 5) is 0. The fourth-order valence-corrected chi connectivity index (χ4v) is 1.80. The van der Waals surface area contributed by atoms with Crippen molar-refractivity contribution in [2.24, 2.45) is 5.73 Å². The zero-order chi connectivity index (χ0) is 13.1. The van der Waals surface area contributed by atoms with Crippen molar-refractivity contribution in [1.29, 1.82) is 0 Å². The molecule has 0 amide bonds. The van der Waals surface area contributed by atoms with Crippen LogP contribution < -0.4 is 10.5 Å². The number of furan rings is 1. The van der Waals surface area contributed by atoms with Gasteiger partial charge in [-0.3, -0.25) is 0 Å². The number of benzene rings is 1. The molecule has 0 fully saturated rings. The van der Waals surface area contributed by atoms with Crippen LogP contribution in [0.2, 0.25) is 5.02 Å². The molecule has 0 aliphatic rings. The highest BCUT2D eigenvalue weighted by Gasteiger charge is 2.09. The first-order valence-electron chi connectivity index (χ1n) is 5.46. The van der Waals surface area contributed by atoms with E-state index in [1.807, 2.05) is 13.0 Å². The third-order valence-corrected chi connectivity index (χ3v) is 2.85. The standard InChI is InChI=1S/C13H13ClFNO2/c1-8-9(4-11(6-16)18-8)7-17-13-3-2-10(15)5-12(13)14/h2-5H,6-7,16H2,1H3. The second-order valence-electron chi connectivity index (χ2n) is 3.86. The lowest BCUT2D eigenvalue weighted by Gasteiger charge is -2.07. The van der Waals surface area contributed by atoms with Gasteiger partial charge in [-0.05, 0) is 31.2 Å². The fourth-order valence-electron chi connectivity index (χ4n) is 1.58. The molecule has 0 radical (unpaired) electrons. The number of nitrogens with two attached hydrogens (primary N) is 1. The van der Waals surface area contributed by atoms with Gasteiger partial charge in [0.25, 0.3) is 0 Å². The van der Waals surface area contributed by atoms with Gasteiger partial charge < -0.3 is 14.9 Å². The van der Waals surface area contributed by atoms with E-state index >= 15 is 0 Å². The summed E-state index contributed by atoms with van der Waals surface area (Å²) in [5, 5.41) is 0.246. The Morgan fingerprint density at radius 2 is 2.17 bits per heavy atom. The summed E-state index contributed by atoms with van der Waals surface area (Å²) >= 11 is 5.86. The molecule has 0 bridgehead atoms. The van der Waals surface area contributed by atoms with E-state index in [1.165, 1.54) is 18.2 Å². The van der Waals surface area contributed by atoms with E-state index in [1.54, 1.807) is 0 Å². The topological polar surface area (TPSA) is 48.4 Å². The highest BCUT2D eigenvalue weighted by molar-refractivity contribution is 6.32. The minimum absolute atomic E-state index is 0.246. The van der Waals surface area contributed by atoms with E-state index < -0.39 is 5.82 Å². The Hall–Kier alpha value is -1.52. The maximum absolute atomic E-state index is 12.9. The van der Waals surface area contributed by atoms with Gasteiger partial charge in [0, 0.05) is 5.56 Å². The Labute approximate surface area is 109 Å². The van der Waals surface area contributed by atoms with Gasteiger partial charge in [0.05, 0.1) is 11.6 Å². The monoisotopic (exact) mass is 269 g/mol. The molecule has 0 spiro atoms. The molecule has 1 aromatic carbocycles. The summed E-state index contributed by atoms with van der Waals surface area (Å²) in [7, 11) is 0. The summed E-state index contributed by atoms with van der Waals surface area (Å²) in [6, 6.07) is 5.85. The van der Waals surface area contributed by atoms with Crippen LogP contribution in [0.5, 0.6) is 5.75 Å². The number of hydrogen-bond donors (Lipinski definition) is 1. The molecule has 0 saturated carbocycles. The van der Waals surface area contributed by atoms with E-state index in [0.29, 0.717) is 24.7 Å². The minimum Gasteiger partial charge on any atom is -0.487 e. The van der Waals surface area contributed by atoms with Crippen LogP contribution in [-0.4, -0.2) is 0 Å². The van der Waals surface area contributed by atoms with E-state index in [-0.39, 0.29) is 5.02 Å². The largest absolute Gasteiger partial charge is 0.487 e. The predicted molar refractivity (Wildman–Crippen MR) is 67.1 cm³/mol. The average Bonchev–Trinajstić information content (AvgIpc) is 2.69. The van der Waals surface area contributed by atoms with Crippen LogP contribution in [-0.2, 0) is 13.2 Å². The van der Waals surface area contributed by atoms with Crippen LogP contribution in [0.1, 0.15) is 17.1 Å². The minimum atomic E-state index is -0.391. The van der Waals surface area contributed by atoms with Gasteiger partial charge >= 0.3 is 0 Å². The number of rotatable bonds is 4. The van der Waals surface area contributed by atoms with Crippen molar-refractivity contribution in [3.63, 3.8) is 0 Å². The normalized spacial score (nSPS) is 10.7. The van der Waals surface area contributed by atoms with E-state index in [0.717, 1.165) is 11.3 Å². The molecule has 3 nitrogen and oxygen atoms in total. The fraction of sp³-hybridized carbons (Fsp3) is 0.231. The molecular formula is C13H13ClFNO2. The van der Waals surface area contributed by atoms with Crippen molar-refractivity contribution in [3.05, 3.63) is 52.2 Å². The molecule has 0 unspecified atom stereocenters. The quantitative estimate of drug-likeness (QED) is 0.925. The molecular weight excluding hydrogens is 257 g/mol. The highest BCUT2D eigenvalue weighted by atomic mass is 35.5. The molecule has 2 aromatic rings. The molecule has 1 aromatic heterocycles. The maximum atomic E-state index is 12.9. The van der Waals surface area contributed by atoms with Crippen LogP contribution >= 0.6 is 11.6 Å². The van der Waals surface area contributed by atoms with Gasteiger partial charge in [-0.2, -0.15) is 0 Å². The average molecular weight is 270 g/mol. The van der Waals surface area contributed by atoms with Crippen LogP contribution in [0.25, 0.3) is 0 Å². The number of hydrogen-bond acceptors (Lipinski definition) is 3. The van der Waals surface area contributed by atoms with E-state index in [4.69, 9.17) is 26.5 Å². The lowest BCUT2D eigenvalue weighted by atomic mass is 10.2. The van der Waals surface area contributed by atoms with Gasteiger partial charge in [-0.25, -0.2) is 4.39 Å². The Morgan fingerprint density at radius 1 is 1.39 bits per heavy atom. The summed E-state index contributed by atoms with van der Waals surface area (Å²) in [5.74, 6) is 1.51. The summed E-state index contributed by atoms with van der Waals surface area (Å²) < 4.78 is 23.8. The Balaban J connectivity index is 2.08. The first-order valence-corrected chi connectivity index (χ1v) is 5.84. The molecule has 1 heterocycles.